The van der Waals surface area contributed by atoms with Gasteiger partial charge in [-0.3, -0.25) is 4.90 Å². The number of halogens is 1. The van der Waals surface area contributed by atoms with Crippen LogP contribution >= 0.6 is 0 Å². The van der Waals surface area contributed by atoms with E-state index in [1.54, 1.807) is 12.1 Å². The zero-order valence-electron chi connectivity index (χ0n) is 13.2. The molecule has 0 saturated carbocycles. The van der Waals surface area contributed by atoms with Crippen LogP contribution in [-0.2, 0) is 0 Å². The van der Waals surface area contributed by atoms with Crippen molar-refractivity contribution >= 4 is 5.69 Å². The average Bonchev–Trinajstić information content (AvgIpc) is 2.41. The third kappa shape index (κ3) is 2.96. The second-order valence-corrected chi connectivity index (χ2v) is 6.37. The first-order valence-corrected chi connectivity index (χ1v) is 7.28. The number of benzene rings is 1. The third-order valence-corrected chi connectivity index (χ3v) is 4.55. The number of rotatable bonds is 3. The summed E-state index contributed by atoms with van der Waals surface area (Å²) in [6.07, 6.45) is 0. The molecule has 1 aliphatic rings. The zero-order chi connectivity index (χ0) is 14.9. The molecule has 0 aliphatic carbocycles. The average molecular weight is 279 g/mol. The number of hydrogen-bond donors (Lipinski definition) is 1. The van der Waals surface area contributed by atoms with E-state index < -0.39 is 0 Å². The van der Waals surface area contributed by atoms with E-state index in [1.807, 2.05) is 13.1 Å². The Morgan fingerprint density at radius 3 is 2.60 bits per heavy atom. The Kier molecular flexibility index (Phi) is 4.35. The van der Waals surface area contributed by atoms with Crippen LogP contribution in [0.4, 0.5) is 10.1 Å². The van der Waals surface area contributed by atoms with Gasteiger partial charge in [0.05, 0.1) is 0 Å². The van der Waals surface area contributed by atoms with E-state index in [2.05, 4.69) is 42.9 Å². The molecular formula is C16H26FN3. The van der Waals surface area contributed by atoms with E-state index in [0.29, 0.717) is 0 Å². The number of likely N-dealkylation sites (N-methyl/N-ethyl adjacent to an activating group) is 1. The van der Waals surface area contributed by atoms with Gasteiger partial charge in [0.1, 0.15) is 5.82 Å². The Balaban J connectivity index is 2.33. The van der Waals surface area contributed by atoms with Crippen LogP contribution in [0, 0.1) is 5.82 Å². The Bertz CT molecular complexity index is 473. The minimum atomic E-state index is -0.167. The maximum atomic E-state index is 13.6. The lowest BCUT2D eigenvalue weighted by molar-refractivity contribution is 0.138. The van der Waals surface area contributed by atoms with Gasteiger partial charge in [0.25, 0.3) is 0 Å². The molecule has 1 unspecified atom stereocenters. The van der Waals surface area contributed by atoms with Crippen molar-refractivity contribution in [3.63, 3.8) is 0 Å². The molecule has 1 saturated heterocycles. The Morgan fingerprint density at radius 1 is 1.30 bits per heavy atom. The van der Waals surface area contributed by atoms with Gasteiger partial charge in [-0.1, -0.05) is 0 Å². The molecule has 20 heavy (non-hydrogen) atoms. The van der Waals surface area contributed by atoms with Crippen molar-refractivity contribution in [3.05, 3.63) is 29.6 Å². The Morgan fingerprint density at radius 2 is 2.00 bits per heavy atom. The highest BCUT2D eigenvalue weighted by Gasteiger charge is 2.32. The smallest absolute Gasteiger partial charge is 0.123 e. The molecule has 1 atom stereocenters. The molecule has 2 rings (SSSR count). The maximum Gasteiger partial charge on any atom is 0.123 e. The van der Waals surface area contributed by atoms with Gasteiger partial charge in [-0.25, -0.2) is 4.39 Å². The Labute approximate surface area is 121 Å². The van der Waals surface area contributed by atoms with Crippen LogP contribution in [0.25, 0.3) is 0 Å². The van der Waals surface area contributed by atoms with Crippen molar-refractivity contribution in [2.24, 2.45) is 0 Å². The number of nitrogens with zero attached hydrogens (tertiary/aromatic N) is 2. The maximum absolute atomic E-state index is 13.6. The first kappa shape index (κ1) is 15.3. The van der Waals surface area contributed by atoms with Crippen LogP contribution in [-0.4, -0.2) is 44.2 Å². The molecule has 0 bridgehead atoms. The van der Waals surface area contributed by atoms with Crippen LogP contribution in [0.3, 0.4) is 0 Å². The molecule has 112 valence electrons. The summed E-state index contributed by atoms with van der Waals surface area (Å²) in [5.74, 6) is -0.167. The molecule has 1 aromatic carbocycles. The van der Waals surface area contributed by atoms with Gasteiger partial charge in [-0.2, -0.15) is 0 Å². The molecule has 1 fully saturated rings. The highest BCUT2D eigenvalue weighted by atomic mass is 19.1. The first-order chi connectivity index (χ1) is 9.35. The third-order valence-electron chi connectivity index (χ3n) is 4.55. The minimum absolute atomic E-state index is 0.132. The highest BCUT2D eigenvalue weighted by Crippen LogP contribution is 2.31. The Hall–Kier alpha value is -1.13. The number of hydrogen-bond acceptors (Lipinski definition) is 3. The molecule has 1 aromatic rings. The number of nitrogens with one attached hydrogen (secondary N) is 1. The lowest BCUT2D eigenvalue weighted by Gasteiger charge is -2.47. The number of anilines is 1. The lowest BCUT2D eigenvalue weighted by Crippen LogP contribution is -2.58. The van der Waals surface area contributed by atoms with Gasteiger partial charge in [0, 0.05) is 36.9 Å². The zero-order valence-corrected chi connectivity index (χ0v) is 13.2. The predicted molar refractivity (Wildman–Crippen MR) is 82.8 cm³/mol. The van der Waals surface area contributed by atoms with E-state index in [0.717, 1.165) is 30.9 Å². The molecule has 0 amide bonds. The summed E-state index contributed by atoms with van der Waals surface area (Å²) in [5.41, 5.74) is 2.31. The summed E-state index contributed by atoms with van der Waals surface area (Å²) in [4.78, 5) is 4.76. The lowest BCUT2D eigenvalue weighted by atomic mass is 9.97. The van der Waals surface area contributed by atoms with Crippen LogP contribution < -0.4 is 10.2 Å². The highest BCUT2D eigenvalue weighted by molar-refractivity contribution is 5.56. The molecule has 0 aromatic heterocycles. The van der Waals surface area contributed by atoms with Crippen molar-refractivity contribution in [3.8, 4) is 0 Å². The van der Waals surface area contributed by atoms with E-state index in [9.17, 15) is 4.39 Å². The van der Waals surface area contributed by atoms with E-state index >= 15 is 0 Å². The molecule has 1 aliphatic heterocycles. The normalized spacial score (nSPS) is 21.0. The summed E-state index contributed by atoms with van der Waals surface area (Å²) in [5, 5.41) is 3.21. The summed E-state index contributed by atoms with van der Waals surface area (Å²) in [7, 11) is 4.08. The quantitative estimate of drug-likeness (QED) is 0.917. The van der Waals surface area contributed by atoms with E-state index in [4.69, 9.17) is 0 Å². The first-order valence-electron chi connectivity index (χ1n) is 7.28. The topological polar surface area (TPSA) is 18.5 Å². The standard InChI is InChI=1S/C16H26FN3/c1-12(18-4)14-10-13(17)6-7-15(14)20-9-8-19(5)16(2,3)11-20/h6-7,10,12,18H,8-9,11H2,1-5H3. The summed E-state index contributed by atoms with van der Waals surface area (Å²) < 4.78 is 13.6. The van der Waals surface area contributed by atoms with E-state index in [1.165, 1.54) is 0 Å². The molecule has 3 nitrogen and oxygen atoms in total. The number of piperazine rings is 1. The van der Waals surface area contributed by atoms with Gasteiger partial charge < -0.3 is 10.2 Å². The van der Waals surface area contributed by atoms with Crippen molar-refractivity contribution < 1.29 is 4.39 Å². The fourth-order valence-corrected chi connectivity index (χ4v) is 2.76. The van der Waals surface area contributed by atoms with Gasteiger partial charge in [0.15, 0.2) is 0 Å². The fraction of sp³-hybridized carbons (Fsp3) is 0.625. The predicted octanol–water partition coefficient (Wildman–Crippen LogP) is 2.64. The van der Waals surface area contributed by atoms with Gasteiger partial charge >= 0.3 is 0 Å². The van der Waals surface area contributed by atoms with Gasteiger partial charge in [0.2, 0.25) is 0 Å². The second-order valence-electron chi connectivity index (χ2n) is 6.37. The SMILES string of the molecule is CNC(C)c1cc(F)ccc1N1CCN(C)C(C)(C)C1. The largest absolute Gasteiger partial charge is 0.368 e. The van der Waals surface area contributed by atoms with Crippen molar-refractivity contribution in [2.75, 3.05) is 38.6 Å². The van der Waals surface area contributed by atoms with Crippen molar-refractivity contribution in [2.45, 2.75) is 32.4 Å². The summed E-state index contributed by atoms with van der Waals surface area (Å²) in [6, 6.07) is 5.28. The van der Waals surface area contributed by atoms with Crippen LogP contribution in [0.1, 0.15) is 32.4 Å². The molecule has 0 radical (unpaired) electrons. The van der Waals surface area contributed by atoms with Crippen molar-refractivity contribution in [1.82, 2.24) is 10.2 Å². The molecular weight excluding hydrogens is 253 g/mol. The summed E-state index contributed by atoms with van der Waals surface area (Å²) >= 11 is 0. The van der Waals surface area contributed by atoms with Gasteiger partial charge in [-0.15, -0.1) is 0 Å². The monoisotopic (exact) mass is 279 g/mol. The van der Waals surface area contributed by atoms with Crippen LogP contribution in [0.2, 0.25) is 0 Å². The van der Waals surface area contributed by atoms with Gasteiger partial charge in [-0.05, 0) is 58.6 Å². The fourth-order valence-electron chi connectivity index (χ4n) is 2.76. The van der Waals surface area contributed by atoms with Crippen LogP contribution in [0.15, 0.2) is 18.2 Å². The second kappa shape index (κ2) is 5.70. The minimum Gasteiger partial charge on any atom is -0.368 e. The van der Waals surface area contributed by atoms with Crippen molar-refractivity contribution in [1.29, 1.82) is 0 Å². The molecule has 1 heterocycles. The molecule has 1 N–H and O–H groups in total. The van der Waals surface area contributed by atoms with Crippen LogP contribution in [0.5, 0.6) is 0 Å². The summed E-state index contributed by atoms with van der Waals surface area (Å²) in [6.45, 7) is 9.54. The molecule has 4 heteroatoms. The molecule has 0 spiro atoms. The van der Waals surface area contributed by atoms with E-state index in [-0.39, 0.29) is 17.4 Å².